The second kappa shape index (κ2) is 9.95. The van der Waals surface area contributed by atoms with Gasteiger partial charge < -0.3 is 14.6 Å². The van der Waals surface area contributed by atoms with E-state index in [-0.39, 0.29) is 6.10 Å². The van der Waals surface area contributed by atoms with Crippen LogP contribution < -0.4 is 4.74 Å². The van der Waals surface area contributed by atoms with Gasteiger partial charge in [-0.1, -0.05) is 19.8 Å². The van der Waals surface area contributed by atoms with Gasteiger partial charge in [0.05, 0.1) is 23.6 Å². The average molecular weight is 373 g/mol. The van der Waals surface area contributed by atoms with Gasteiger partial charge in [0.1, 0.15) is 12.4 Å². The number of rotatable bonds is 9. The Morgan fingerprint density at radius 3 is 2.63 bits per heavy atom. The molecule has 1 aliphatic carbocycles. The van der Waals surface area contributed by atoms with Gasteiger partial charge in [0, 0.05) is 31.5 Å². The molecule has 6 heteroatoms. The van der Waals surface area contributed by atoms with Gasteiger partial charge in [-0.15, -0.1) is 0 Å². The summed E-state index contributed by atoms with van der Waals surface area (Å²) in [5.41, 5.74) is 2.12. The quantitative estimate of drug-likeness (QED) is 0.674. The number of aryl methyl sites for hydroxylation is 1. The number of hydrogen-bond donors (Lipinski definition) is 1. The Morgan fingerprint density at radius 1 is 1.07 bits per heavy atom. The Kier molecular flexibility index (Phi) is 7.35. The molecular formula is C21H31N3O3. The molecule has 0 bridgehead atoms. The number of aromatic nitrogens is 3. The number of unbranched alkanes of at least 4 members (excludes halogenated alkanes) is 2. The third-order valence-corrected chi connectivity index (χ3v) is 5.33. The van der Waals surface area contributed by atoms with Crippen molar-refractivity contribution < 1.29 is 14.6 Å². The smallest absolute Gasteiger partial charge is 0.224 e. The molecule has 3 rings (SSSR count). The van der Waals surface area contributed by atoms with Crippen LogP contribution >= 0.6 is 0 Å². The van der Waals surface area contributed by atoms with E-state index in [1.807, 2.05) is 12.4 Å². The summed E-state index contributed by atoms with van der Waals surface area (Å²) in [4.78, 5) is 14.0. The summed E-state index contributed by atoms with van der Waals surface area (Å²) in [6, 6.07) is 0. The second-order valence-electron chi connectivity index (χ2n) is 7.37. The van der Waals surface area contributed by atoms with Crippen molar-refractivity contribution in [2.75, 3.05) is 20.3 Å². The predicted molar refractivity (Wildman–Crippen MR) is 105 cm³/mol. The lowest BCUT2D eigenvalue weighted by Gasteiger charge is -2.26. The minimum atomic E-state index is -0.170. The van der Waals surface area contributed by atoms with Crippen LogP contribution in [0.2, 0.25) is 0 Å². The zero-order chi connectivity index (χ0) is 19.1. The standard InChI is InChI=1S/C21H31N3O3/c1-3-4-5-6-19-22-14-18-20(24-19)17(15-7-9-16(25)10-8-15)13-23-21(18)27-12-11-26-2/h13-16,25H,3-12H2,1-2H3. The van der Waals surface area contributed by atoms with Crippen LogP contribution in [0.1, 0.15) is 69.2 Å². The van der Waals surface area contributed by atoms with Crippen LogP contribution in [-0.4, -0.2) is 46.5 Å². The molecule has 2 aromatic heterocycles. The highest BCUT2D eigenvalue weighted by Crippen LogP contribution is 2.37. The monoisotopic (exact) mass is 373 g/mol. The van der Waals surface area contributed by atoms with Gasteiger partial charge in [-0.25, -0.2) is 15.0 Å². The number of aliphatic hydroxyl groups excluding tert-OH is 1. The van der Waals surface area contributed by atoms with E-state index in [0.717, 1.165) is 60.8 Å². The van der Waals surface area contributed by atoms with Crippen molar-refractivity contribution in [2.45, 2.75) is 70.3 Å². The van der Waals surface area contributed by atoms with Crippen molar-refractivity contribution in [3.8, 4) is 5.88 Å². The molecule has 2 heterocycles. The molecule has 27 heavy (non-hydrogen) atoms. The van der Waals surface area contributed by atoms with E-state index in [1.54, 1.807) is 7.11 Å². The molecular weight excluding hydrogens is 342 g/mol. The van der Waals surface area contributed by atoms with E-state index in [2.05, 4.69) is 16.9 Å². The van der Waals surface area contributed by atoms with Gasteiger partial charge in [-0.05, 0) is 38.0 Å². The van der Waals surface area contributed by atoms with E-state index < -0.39 is 0 Å². The first-order valence-corrected chi connectivity index (χ1v) is 10.2. The summed E-state index contributed by atoms with van der Waals surface area (Å²) in [6.45, 7) is 3.17. The Labute approximate surface area is 161 Å². The first kappa shape index (κ1) is 20.0. The molecule has 0 aromatic carbocycles. The molecule has 0 amide bonds. The van der Waals surface area contributed by atoms with Gasteiger partial charge in [0.2, 0.25) is 5.88 Å². The number of nitrogens with zero attached hydrogens (tertiary/aromatic N) is 3. The molecule has 148 valence electrons. The van der Waals surface area contributed by atoms with Crippen molar-refractivity contribution in [3.05, 3.63) is 23.8 Å². The maximum absolute atomic E-state index is 9.84. The summed E-state index contributed by atoms with van der Waals surface area (Å²) in [6.07, 6.45) is 11.6. The van der Waals surface area contributed by atoms with Crippen LogP contribution in [0.15, 0.2) is 12.4 Å². The van der Waals surface area contributed by atoms with Gasteiger partial charge >= 0.3 is 0 Å². The molecule has 1 saturated carbocycles. The Morgan fingerprint density at radius 2 is 1.89 bits per heavy atom. The molecule has 0 aliphatic heterocycles. The zero-order valence-corrected chi connectivity index (χ0v) is 16.5. The molecule has 1 N–H and O–H groups in total. The van der Waals surface area contributed by atoms with Crippen LogP contribution in [0.5, 0.6) is 5.88 Å². The van der Waals surface area contributed by atoms with E-state index in [9.17, 15) is 5.11 Å². The van der Waals surface area contributed by atoms with Crippen molar-refractivity contribution in [2.24, 2.45) is 0 Å². The molecule has 2 aromatic rings. The number of methoxy groups -OCH3 is 1. The molecule has 1 aliphatic rings. The Hall–Kier alpha value is -1.79. The lowest BCUT2D eigenvalue weighted by molar-refractivity contribution is 0.122. The SMILES string of the molecule is CCCCCc1ncc2c(OCCOC)ncc(C3CCC(O)CC3)c2n1. The molecule has 0 saturated heterocycles. The van der Waals surface area contributed by atoms with Gasteiger partial charge in [0.15, 0.2) is 0 Å². The van der Waals surface area contributed by atoms with Crippen molar-refractivity contribution >= 4 is 10.9 Å². The summed E-state index contributed by atoms with van der Waals surface area (Å²) >= 11 is 0. The fourth-order valence-corrected chi connectivity index (χ4v) is 3.73. The van der Waals surface area contributed by atoms with Crippen LogP contribution in [-0.2, 0) is 11.2 Å². The Balaban J connectivity index is 1.92. The summed E-state index contributed by atoms with van der Waals surface area (Å²) < 4.78 is 10.9. The maximum Gasteiger partial charge on any atom is 0.224 e. The zero-order valence-electron chi connectivity index (χ0n) is 16.5. The van der Waals surface area contributed by atoms with Crippen LogP contribution in [0, 0.1) is 0 Å². The predicted octanol–water partition coefficient (Wildman–Crippen LogP) is 3.80. The summed E-state index contributed by atoms with van der Waals surface area (Å²) in [5, 5.41) is 10.7. The van der Waals surface area contributed by atoms with Gasteiger partial charge in [-0.3, -0.25) is 0 Å². The van der Waals surface area contributed by atoms with Crippen molar-refractivity contribution in [1.29, 1.82) is 0 Å². The van der Waals surface area contributed by atoms with Crippen molar-refractivity contribution in [1.82, 2.24) is 15.0 Å². The highest BCUT2D eigenvalue weighted by atomic mass is 16.5. The maximum atomic E-state index is 9.84. The van der Waals surface area contributed by atoms with E-state index in [1.165, 1.54) is 12.8 Å². The fraction of sp³-hybridized carbons (Fsp3) is 0.667. The molecule has 6 nitrogen and oxygen atoms in total. The highest BCUT2D eigenvalue weighted by molar-refractivity contribution is 5.85. The number of fused-ring (bicyclic) bond motifs is 1. The first-order chi connectivity index (χ1) is 13.2. The van der Waals surface area contributed by atoms with Gasteiger partial charge in [0.25, 0.3) is 0 Å². The topological polar surface area (TPSA) is 77.4 Å². The highest BCUT2D eigenvalue weighted by Gasteiger charge is 2.24. The number of hydrogen-bond acceptors (Lipinski definition) is 6. The van der Waals surface area contributed by atoms with E-state index >= 15 is 0 Å². The molecule has 1 fully saturated rings. The lowest BCUT2D eigenvalue weighted by Crippen LogP contribution is -2.18. The van der Waals surface area contributed by atoms with Crippen molar-refractivity contribution in [3.63, 3.8) is 0 Å². The van der Waals surface area contributed by atoms with Gasteiger partial charge in [-0.2, -0.15) is 0 Å². The Bertz CT molecular complexity index is 730. The fourth-order valence-electron chi connectivity index (χ4n) is 3.73. The summed E-state index contributed by atoms with van der Waals surface area (Å²) in [7, 11) is 1.65. The molecule has 0 spiro atoms. The minimum Gasteiger partial charge on any atom is -0.475 e. The van der Waals surface area contributed by atoms with E-state index in [0.29, 0.717) is 25.0 Å². The van der Waals surface area contributed by atoms with Crippen LogP contribution in [0.25, 0.3) is 10.9 Å². The second-order valence-corrected chi connectivity index (χ2v) is 7.37. The van der Waals surface area contributed by atoms with Crippen LogP contribution in [0.4, 0.5) is 0 Å². The molecule has 0 radical (unpaired) electrons. The average Bonchev–Trinajstić information content (AvgIpc) is 2.69. The minimum absolute atomic E-state index is 0.170. The third kappa shape index (κ3) is 5.14. The normalized spacial score (nSPS) is 20.1. The lowest BCUT2D eigenvalue weighted by atomic mass is 9.83. The third-order valence-electron chi connectivity index (χ3n) is 5.33. The van der Waals surface area contributed by atoms with Crippen LogP contribution in [0.3, 0.4) is 0 Å². The number of ether oxygens (including phenoxy) is 2. The largest absolute Gasteiger partial charge is 0.475 e. The first-order valence-electron chi connectivity index (χ1n) is 10.2. The van der Waals surface area contributed by atoms with E-state index in [4.69, 9.17) is 14.5 Å². The number of aliphatic hydroxyl groups is 1. The number of pyridine rings is 1. The summed E-state index contributed by atoms with van der Waals surface area (Å²) in [5.74, 6) is 1.85. The molecule has 0 unspecified atom stereocenters. The molecule has 0 atom stereocenters.